The number of aromatic nitrogens is 4. The van der Waals surface area contributed by atoms with E-state index in [4.69, 9.17) is 0 Å². The van der Waals surface area contributed by atoms with E-state index in [1.165, 1.54) is 28.3 Å². The quantitative estimate of drug-likeness (QED) is 0.420. The Hall–Kier alpha value is -3.92. The number of rotatable bonds is 7. The predicted octanol–water partition coefficient (Wildman–Crippen LogP) is 3.45. The Bertz CT molecular complexity index is 1210. The first kappa shape index (κ1) is 21.3. The molecule has 0 aliphatic rings. The molecule has 2 amide bonds. The molecule has 2 heterocycles. The van der Waals surface area contributed by atoms with Gasteiger partial charge < -0.3 is 0 Å². The minimum atomic E-state index is -0.415. The molecule has 4 rings (SSSR count). The fourth-order valence-electron chi connectivity index (χ4n) is 2.90. The minimum Gasteiger partial charge on any atom is -0.273 e. The molecule has 0 saturated heterocycles. The third-order valence-corrected chi connectivity index (χ3v) is 5.65. The molecule has 2 aromatic carbocycles. The Morgan fingerprint density at radius 1 is 0.938 bits per heavy atom. The van der Waals surface area contributed by atoms with Crippen LogP contribution in [0.15, 0.2) is 66.7 Å². The molecule has 0 fully saturated rings. The molecule has 0 radical (unpaired) electrons. The summed E-state index contributed by atoms with van der Waals surface area (Å²) in [5, 5.41) is 12.3. The highest BCUT2D eigenvalue weighted by Crippen LogP contribution is 2.28. The van der Waals surface area contributed by atoms with Crippen LogP contribution < -0.4 is 10.9 Å². The molecule has 0 bridgehead atoms. The summed E-state index contributed by atoms with van der Waals surface area (Å²) in [4.78, 5) is 27.0. The van der Waals surface area contributed by atoms with Gasteiger partial charge in [-0.25, -0.2) is 4.39 Å². The molecule has 8 nitrogen and oxygen atoms in total. The summed E-state index contributed by atoms with van der Waals surface area (Å²) in [5.41, 5.74) is 6.50. The summed E-state index contributed by atoms with van der Waals surface area (Å²) >= 11 is 1.25. The van der Waals surface area contributed by atoms with Crippen LogP contribution in [0.3, 0.4) is 0 Å². The molecule has 0 spiro atoms. The molecule has 0 unspecified atom stereocenters. The number of carbonyl (C=O) groups excluding carboxylic acids is 2. The Morgan fingerprint density at radius 3 is 2.50 bits per heavy atom. The summed E-state index contributed by atoms with van der Waals surface area (Å²) in [6, 6.07) is 19.0. The van der Waals surface area contributed by atoms with E-state index in [1.807, 2.05) is 30.3 Å². The molecular formula is C22H19FN6O2S. The van der Waals surface area contributed by atoms with Gasteiger partial charge in [-0.2, -0.15) is 4.80 Å². The molecule has 32 heavy (non-hydrogen) atoms. The molecule has 0 aliphatic heterocycles. The van der Waals surface area contributed by atoms with Crippen molar-refractivity contribution < 1.29 is 14.0 Å². The van der Waals surface area contributed by atoms with Crippen molar-refractivity contribution in [1.29, 1.82) is 0 Å². The number of hydrogen-bond donors (Lipinski definition) is 2. The fourth-order valence-corrected chi connectivity index (χ4v) is 3.81. The van der Waals surface area contributed by atoms with Crippen LogP contribution in [0.25, 0.3) is 21.8 Å². The van der Waals surface area contributed by atoms with Crippen LogP contribution in [0.1, 0.15) is 22.5 Å². The maximum Gasteiger partial charge on any atom is 0.279 e. The van der Waals surface area contributed by atoms with Crippen molar-refractivity contribution in [3.63, 3.8) is 0 Å². The highest BCUT2D eigenvalue weighted by molar-refractivity contribution is 7.17. The van der Waals surface area contributed by atoms with E-state index < -0.39 is 5.91 Å². The first-order valence-electron chi connectivity index (χ1n) is 9.87. The second-order valence-electron chi connectivity index (χ2n) is 6.85. The van der Waals surface area contributed by atoms with E-state index in [1.54, 1.807) is 24.3 Å². The SMILES string of the molecule is O=C(CCCn1nnc(-c2ccccc2)n1)NNC(=O)c1ccc(-c2ccc(F)cc2)s1. The third-order valence-electron chi connectivity index (χ3n) is 4.52. The fraction of sp³-hybridized carbons (Fsp3) is 0.136. The van der Waals surface area contributed by atoms with Crippen molar-refractivity contribution in [1.82, 2.24) is 31.1 Å². The number of hydrogen-bond acceptors (Lipinski definition) is 6. The lowest BCUT2D eigenvalue weighted by Gasteiger charge is -2.06. The highest BCUT2D eigenvalue weighted by Gasteiger charge is 2.12. The second-order valence-corrected chi connectivity index (χ2v) is 7.94. The molecule has 0 aliphatic carbocycles. The summed E-state index contributed by atoms with van der Waals surface area (Å²) < 4.78 is 13.1. The lowest BCUT2D eigenvalue weighted by atomic mass is 10.2. The van der Waals surface area contributed by atoms with Crippen LogP contribution >= 0.6 is 11.3 Å². The number of tetrazole rings is 1. The standard InChI is InChI=1S/C22H19FN6O2S/c23-17-10-8-15(9-11-17)18-12-13-19(32-18)22(31)26-24-20(30)7-4-14-29-27-21(25-28-29)16-5-2-1-3-6-16/h1-3,5-6,8-13H,4,7,14H2,(H,24,30)(H,26,31). The molecule has 0 saturated carbocycles. The topological polar surface area (TPSA) is 102 Å². The summed E-state index contributed by atoms with van der Waals surface area (Å²) in [5.74, 6) is -0.528. The van der Waals surface area contributed by atoms with E-state index in [0.29, 0.717) is 23.7 Å². The van der Waals surface area contributed by atoms with Gasteiger partial charge in [0.15, 0.2) is 0 Å². The number of thiophene rings is 1. The number of aryl methyl sites for hydroxylation is 1. The Labute approximate surface area is 187 Å². The summed E-state index contributed by atoms with van der Waals surface area (Å²) in [6.45, 7) is 0.424. The van der Waals surface area contributed by atoms with Gasteiger partial charge in [-0.1, -0.05) is 42.5 Å². The van der Waals surface area contributed by atoms with E-state index in [2.05, 4.69) is 26.3 Å². The molecular weight excluding hydrogens is 431 g/mol. The monoisotopic (exact) mass is 450 g/mol. The van der Waals surface area contributed by atoms with Crippen molar-refractivity contribution >= 4 is 23.2 Å². The van der Waals surface area contributed by atoms with E-state index in [0.717, 1.165) is 16.0 Å². The average molecular weight is 450 g/mol. The number of halogens is 1. The minimum absolute atomic E-state index is 0.188. The van der Waals surface area contributed by atoms with Gasteiger partial charge in [-0.15, -0.1) is 21.5 Å². The van der Waals surface area contributed by atoms with Crippen molar-refractivity contribution in [2.75, 3.05) is 0 Å². The van der Waals surface area contributed by atoms with Crippen LogP contribution in [-0.2, 0) is 11.3 Å². The second kappa shape index (κ2) is 9.92. The molecule has 2 aromatic heterocycles. The van der Waals surface area contributed by atoms with Gasteiger partial charge in [0.2, 0.25) is 11.7 Å². The van der Waals surface area contributed by atoms with Gasteiger partial charge in [0, 0.05) is 16.9 Å². The van der Waals surface area contributed by atoms with Crippen molar-refractivity contribution in [2.45, 2.75) is 19.4 Å². The highest BCUT2D eigenvalue weighted by atomic mass is 32.1. The molecule has 0 atom stereocenters. The summed E-state index contributed by atoms with van der Waals surface area (Å²) in [7, 11) is 0. The van der Waals surface area contributed by atoms with Crippen molar-refractivity contribution in [3.05, 3.63) is 77.4 Å². The molecule has 10 heteroatoms. The van der Waals surface area contributed by atoms with E-state index in [-0.39, 0.29) is 18.1 Å². The van der Waals surface area contributed by atoms with Gasteiger partial charge in [-0.05, 0) is 41.5 Å². The van der Waals surface area contributed by atoms with Crippen LogP contribution in [-0.4, -0.2) is 32.0 Å². The van der Waals surface area contributed by atoms with E-state index in [9.17, 15) is 14.0 Å². The lowest BCUT2D eigenvalue weighted by Crippen LogP contribution is -2.41. The molecule has 4 aromatic rings. The average Bonchev–Trinajstić information content (AvgIpc) is 3.49. The number of hydrazine groups is 1. The van der Waals surface area contributed by atoms with Gasteiger partial charge >= 0.3 is 0 Å². The predicted molar refractivity (Wildman–Crippen MR) is 118 cm³/mol. The number of carbonyl (C=O) groups is 2. The Morgan fingerprint density at radius 2 is 1.72 bits per heavy atom. The van der Waals surface area contributed by atoms with Crippen molar-refractivity contribution in [3.8, 4) is 21.8 Å². The van der Waals surface area contributed by atoms with Crippen LogP contribution in [0.4, 0.5) is 4.39 Å². The van der Waals surface area contributed by atoms with E-state index >= 15 is 0 Å². The number of benzene rings is 2. The largest absolute Gasteiger partial charge is 0.279 e. The normalized spacial score (nSPS) is 10.7. The lowest BCUT2D eigenvalue weighted by molar-refractivity contribution is -0.122. The maximum atomic E-state index is 13.1. The number of nitrogens with zero attached hydrogens (tertiary/aromatic N) is 4. The summed E-state index contributed by atoms with van der Waals surface area (Å²) in [6.07, 6.45) is 0.674. The number of nitrogens with one attached hydrogen (secondary N) is 2. The van der Waals surface area contributed by atoms with Crippen LogP contribution in [0.2, 0.25) is 0 Å². The molecule has 162 valence electrons. The third kappa shape index (κ3) is 5.41. The zero-order valence-corrected chi connectivity index (χ0v) is 17.7. The van der Waals surface area contributed by atoms with Crippen LogP contribution in [0, 0.1) is 5.82 Å². The van der Waals surface area contributed by atoms with Gasteiger partial charge in [0.05, 0.1) is 11.4 Å². The van der Waals surface area contributed by atoms with Crippen LogP contribution in [0.5, 0.6) is 0 Å². The van der Waals surface area contributed by atoms with Gasteiger partial charge in [0.25, 0.3) is 5.91 Å². The maximum absolute atomic E-state index is 13.1. The zero-order chi connectivity index (χ0) is 22.3. The zero-order valence-electron chi connectivity index (χ0n) is 16.9. The van der Waals surface area contributed by atoms with Gasteiger partial charge in [0.1, 0.15) is 5.82 Å². The Balaban J connectivity index is 1.21. The smallest absolute Gasteiger partial charge is 0.273 e. The first-order valence-corrected chi connectivity index (χ1v) is 10.7. The first-order chi connectivity index (χ1) is 15.6. The molecule has 2 N–H and O–H groups in total. The Kier molecular flexibility index (Phi) is 6.61. The van der Waals surface area contributed by atoms with Gasteiger partial charge in [-0.3, -0.25) is 20.4 Å². The number of amides is 2. The van der Waals surface area contributed by atoms with Crippen molar-refractivity contribution in [2.24, 2.45) is 0 Å².